The van der Waals surface area contributed by atoms with Crippen molar-refractivity contribution in [3.8, 4) is 5.75 Å². The Bertz CT molecular complexity index is 394. The van der Waals surface area contributed by atoms with Gasteiger partial charge in [0.25, 0.3) is 0 Å². The van der Waals surface area contributed by atoms with E-state index in [1.54, 1.807) is 0 Å². The fraction of sp³-hybridized carbons (Fsp3) is 0.462. The number of ether oxygens (including phenoxy) is 1. The van der Waals surface area contributed by atoms with E-state index >= 15 is 0 Å². The number of hydrogen-bond donors (Lipinski definition) is 1. The Kier molecular flexibility index (Phi) is 5.01. The summed E-state index contributed by atoms with van der Waals surface area (Å²) in [4.78, 5) is 13.4. The molecular weight excluding hydrogens is 296 g/mol. The highest BCUT2D eigenvalue weighted by Crippen LogP contribution is 2.15. The summed E-state index contributed by atoms with van der Waals surface area (Å²) in [5.41, 5.74) is 0. The number of carbonyl (C=O) groups excluding carboxylic acids is 1. The van der Waals surface area contributed by atoms with Crippen LogP contribution in [-0.2, 0) is 4.79 Å². The normalized spacial score (nSPS) is 17.1. The van der Waals surface area contributed by atoms with Crippen LogP contribution in [0.5, 0.6) is 5.75 Å². The van der Waals surface area contributed by atoms with E-state index in [0.717, 1.165) is 36.4 Å². The van der Waals surface area contributed by atoms with Crippen molar-refractivity contribution in [2.24, 2.45) is 0 Å². The zero-order valence-corrected chi connectivity index (χ0v) is 11.8. The van der Waals surface area contributed by atoms with Crippen LogP contribution in [0.25, 0.3) is 0 Å². The minimum Gasteiger partial charge on any atom is -0.492 e. The molecular formula is C13H17BrN2O2. The maximum Gasteiger partial charge on any atom is 0.221 e. The highest BCUT2D eigenvalue weighted by atomic mass is 79.9. The molecule has 4 nitrogen and oxygen atoms in total. The van der Waals surface area contributed by atoms with Gasteiger partial charge in [-0.15, -0.1) is 0 Å². The number of benzene rings is 1. The highest BCUT2D eigenvalue weighted by Gasteiger charge is 2.12. The molecule has 2 rings (SSSR count). The van der Waals surface area contributed by atoms with Crippen LogP contribution in [0.2, 0.25) is 0 Å². The number of nitrogens with zero attached hydrogens (tertiary/aromatic N) is 1. The molecule has 1 amide bonds. The van der Waals surface area contributed by atoms with Crippen molar-refractivity contribution in [1.29, 1.82) is 0 Å². The SMILES string of the molecule is O=C1CCN(CCOc2ccc(Br)cc2)CCN1. The molecule has 0 aliphatic carbocycles. The fourth-order valence-electron chi connectivity index (χ4n) is 1.86. The molecule has 0 aromatic heterocycles. The Balaban J connectivity index is 1.71. The van der Waals surface area contributed by atoms with E-state index < -0.39 is 0 Å². The van der Waals surface area contributed by atoms with Gasteiger partial charge < -0.3 is 10.1 Å². The Morgan fingerprint density at radius 3 is 2.83 bits per heavy atom. The summed E-state index contributed by atoms with van der Waals surface area (Å²) in [5, 5.41) is 2.86. The highest BCUT2D eigenvalue weighted by molar-refractivity contribution is 9.10. The first kappa shape index (κ1) is 13.4. The molecule has 0 atom stereocenters. The molecule has 1 heterocycles. The molecule has 1 saturated heterocycles. The van der Waals surface area contributed by atoms with Gasteiger partial charge in [0.1, 0.15) is 12.4 Å². The minimum absolute atomic E-state index is 0.145. The minimum atomic E-state index is 0.145. The van der Waals surface area contributed by atoms with Gasteiger partial charge in [-0.05, 0) is 24.3 Å². The quantitative estimate of drug-likeness (QED) is 0.919. The molecule has 0 radical (unpaired) electrons. The first-order chi connectivity index (χ1) is 8.74. The third-order valence-corrected chi connectivity index (χ3v) is 3.42. The van der Waals surface area contributed by atoms with Crippen molar-refractivity contribution in [3.63, 3.8) is 0 Å². The topological polar surface area (TPSA) is 41.6 Å². The van der Waals surface area contributed by atoms with E-state index in [1.165, 1.54) is 0 Å². The van der Waals surface area contributed by atoms with Crippen LogP contribution in [0.1, 0.15) is 6.42 Å². The lowest BCUT2D eigenvalue weighted by molar-refractivity contribution is -0.120. The van der Waals surface area contributed by atoms with Crippen molar-refractivity contribution < 1.29 is 9.53 Å². The number of hydrogen-bond acceptors (Lipinski definition) is 3. The van der Waals surface area contributed by atoms with Crippen LogP contribution in [0, 0.1) is 0 Å². The van der Waals surface area contributed by atoms with Crippen LogP contribution in [0.4, 0.5) is 0 Å². The van der Waals surface area contributed by atoms with Crippen molar-refractivity contribution in [1.82, 2.24) is 10.2 Å². The van der Waals surface area contributed by atoms with Gasteiger partial charge in [-0.3, -0.25) is 9.69 Å². The van der Waals surface area contributed by atoms with E-state index in [1.807, 2.05) is 24.3 Å². The summed E-state index contributed by atoms with van der Waals surface area (Å²) in [6.07, 6.45) is 0.582. The van der Waals surface area contributed by atoms with Crippen LogP contribution in [0.3, 0.4) is 0 Å². The fourth-order valence-corrected chi connectivity index (χ4v) is 2.12. The third-order valence-electron chi connectivity index (χ3n) is 2.90. The molecule has 18 heavy (non-hydrogen) atoms. The van der Waals surface area contributed by atoms with E-state index in [4.69, 9.17) is 4.74 Å². The van der Waals surface area contributed by atoms with Crippen LogP contribution in [0.15, 0.2) is 28.7 Å². The molecule has 0 saturated carbocycles. The third kappa shape index (κ3) is 4.31. The Labute approximate surface area is 115 Å². The molecule has 1 aliphatic rings. The van der Waals surface area contributed by atoms with Gasteiger partial charge in [0.2, 0.25) is 5.91 Å². The first-order valence-electron chi connectivity index (χ1n) is 6.11. The molecule has 1 aromatic carbocycles. The van der Waals surface area contributed by atoms with Gasteiger partial charge >= 0.3 is 0 Å². The van der Waals surface area contributed by atoms with Crippen molar-refractivity contribution >= 4 is 21.8 Å². The monoisotopic (exact) mass is 312 g/mol. The average Bonchev–Trinajstić information content (AvgIpc) is 2.57. The van der Waals surface area contributed by atoms with Gasteiger partial charge in [-0.2, -0.15) is 0 Å². The largest absolute Gasteiger partial charge is 0.492 e. The van der Waals surface area contributed by atoms with E-state index in [2.05, 4.69) is 26.1 Å². The van der Waals surface area contributed by atoms with Crippen molar-refractivity contribution in [3.05, 3.63) is 28.7 Å². The van der Waals surface area contributed by atoms with Crippen LogP contribution < -0.4 is 10.1 Å². The Morgan fingerprint density at radius 2 is 2.06 bits per heavy atom. The maximum absolute atomic E-state index is 11.2. The zero-order valence-electron chi connectivity index (χ0n) is 10.2. The lowest BCUT2D eigenvalue weighted by Gasteiger charge is -2.18. The zero-order chi connectivity index (χ0) is 12.8. The second-order valence-corrected chi connectivity index (χ2v) is 5.16. The summed E-state index contributed by atoms with van der Waals surface area (Å²) in [5.74, 6) is 1.02. The summed E-state index contributed by atoms with van der Waals surface area (Å²) in [6, 6.07) is 7.81. The van der Waals surface area contributed by atoms with Gasteiger partial charge in [-0.25, -0.2) is 0 Å². The molecule has 1 fully saturated rings. The lowest BCUT2D eigenvalue weighted by atomic mass is 10.3. The molecule has 98 valence electrons. The predicted molar refractivity (Wildman–Crippen MR) is 73.7 cm³/mol. The molecule has 1 N–H and O–H groups in total. The smallest absolute Gasteiger partial charge is 0.221 e. The van der Waals surface area contributed by atoms with Crippen molar-refractivity contribution in [2.45, 2.75) is 6.42 Å². The van der Waals surface area contributed by atoms with Gasteiger partial charge in [-0.1, -0.05) is 15.9 Å². The average molecular weight is 313 g/mol. The summed E-state index contributed by atoms with van der Waals surface area (Å²) in [6.45, 7) is 3.95. The molecule has 0 bridgehead atoms. The molecule has 1 aromatic rings. The first-order valence-corrected chi connectivity index (χ1v) is 6.91. The van der Waals surface area contributed by atoms with Gasteiger partial charge in [0.15, 0.2) is 0 Å². The predicted octanol–water partition coefficient (Wildman–Crippen LogP) is 1.65. The van der Waals surface area contributed by atoms with Gasteiger partial charge in [0.05, 0.1) is 0 Å². The number of carbonyl (C=O) groups is 1. The molecule has 0 spiro atoms. The maximum atomic E-state index is 11.2. The molecule has 1 aliphatic heterocycles. The Morgan fingerprint density at radius 1 is 1.28 bits per heavy atom. The van der Waals surface area contributed by atoms with E-state index in [0.29, 0.717) is 13.0 Å². The van der Waals surface area contributed by atoms with E-state index in [9.17, 15) is 4.79 Å². The second-order valence-electron chi connectivity index (χ2n) is 4.24. The van der Waals surface area contributed by atoms with Crippen LogP contribution in [-0.4, -0.2) is 43.6 Å². The summed E-state index contributed by atoms with van der Waals surface area (Å²) < 4.78 is 6.71. The summed E-state index contributed by atoms with van der Waals surface area (Å²) in [7, 11) is 0. The van der Waals surface area contributed by atoms with Crippen LogP contribution >= 0.6 is 15.9 Å². The number of nitrogens with one attached hydrogen (secondary N) is 1. The Hall–Kier alpha value is -1.07. The lowest BCUT2D eigenvalue weighted by Crippen LogP contribution is -2.32. The molecule has 5 heteroatoms. The number of rotatable bonds is 4. The standard InChI is InChI=1S/C13H17BrN2O2/c14-11-1-3-12(4-2-11)18-10-9-16-7-5-13(17)15-6-8-16/h1-4H,5-10H2,(H,15,17). The van der Waals surface area contributed by atoms with E-state index in [-0.39, 0.29) is 5.91 Å². The second kappa shape index (κ2) is 6.75. The van der Waals surface area contributed by atoms with Crippen molar-refractivity contribution in [2.75, 3.05) is 32.8 Å². The molecule has 0 unspecified atom stereocenters. The summed E-state index contributed by atoms with van der Waals surface area (Å²) >= 11 is 3.39. The van der Waals surface area contributed by atoms with Gasteiger partial charge in [0, 0.05) is 37.1 Å². The number of halogens is 1. The number of amides is 1.